The third-order valence-corrected chi connectivity index (χ3v) is 4.06. The standard InChI is InChI=1S/C17H23NO3/c1-17(2,13-8-4-3-5-9-13)16(20)21-12-15(19)18-14-10-6-7-11-14/h3-5,8-9,14H,6-7,10-12H2,1-2H3,(H,18,19). The molecule has 2 rings (SSSR count). The number of esters is 1. The molecule has 0 atom stereocenters. The Balaban J connectivity index is 1.84. The summed E-state index contributed by atoms with van der Waals surface area (Å²) >= 11 is 0. The van der Waals surface area contributed by atoms with Crippen molar-refractivity contribution >= 4 is 11.9 Å². The van der Waals surface area contributed by atoms with Crippen LogP contribution in [-0.2, 0) is 19.7 Å². The summed E-state index contributed by atoms with van der Waals surface area (Å²) in [6.07, 6.45) is 4.36. The summed E-state index contributed by atoms with van der Waals surface area (Å²) in [5.74, 6) is -0.589. The third kappa shape index (κ3) is 4.06. The van der Waals surface area contributed by atoms with Crippen molar-refractivity contribution < 1.29 is 14.3 Å². The number of hydrogen-bond donors (Lipinski definition) is 1. The fourth-order valence-electron chi connectivity index (χ4n) is 2.62. The first-order chi connectivity index (χ1) is 10.00. The Labute approximate surface area is 125 Å². The van der Waals surface area contributed by atoms with Crippen LogP contribution >= 0.6 is 0 Å². The second-order valence-electron chi connectivity index (χ2n) is 6.12. The molecule has 4 heteroatoms. The number of hydrogen-bond acceptors (Lipinski definition) is 3. The van der Waals surface area contributed by atoms with Crippen molar-refractivity contribution in [3.8, 4) is 0 Å². The van der Waals surface area contributed by atoms with Gasteiger partial charge in [0.05, 0.1) is 5.41 Å². The van der Waals surface area contributed by atoms with Crippen LogP contribution in [0.15, 0.2) is 30.3 Å². The largest absolute Gasteiger partial charge is 0.455 e. The third-order valence-electron chi connectivity index (χ3n) is 4.06. The molecular weight excluding hydrogens is 266 g/mol. The molecule has 114 valence electrons. The fraction of sp³-hybridized carbons (Fsp3) is 0.529. The number of amides is 1. The van der Waals surface area contributed by atoms with Gasteiger partial charge in [0.1, 0.15) is 0 Å². The Kier molecular flexibility index (Phi) is 4.99. The smallest absolute Gasteiger partial charge is 0.316 e. The molecule has 1 aromatic rings. The van der Waals surface area contributed by atoms with Gasteiger partial charge in [-0.05, 0) is 32.3 Å². The number of rotatable bonds is 5. The molecule has 1 N–H and O–H groups in total. The molecule has 1 fully saturated rings. The van der Waals surface area contributed by atoms with Gasteiger partial charge in [0.25, 0.3) is 5.91 Å². The topological polar surface area (TPSA) is 55.4 Å². The zero-order valence-electron chi connectivity index (χ0n) is 12.7. The van der Waals surface area contributed by atoms with Crippen molar-refractivity contribution in [3.05, 3.63) is 35.9 Å². The van der Waals surface area contributed by atoms with Crippen LogP contribution in [0.2, 0.25) is 0 Å². The van der Waals surface area contributed by atoms with Crippen LogP contribution in [0.4, 0.5) is 0 Å². The lowest BCUT2D eigenvalue weighted by Crippen LogP contribution is -2.38. The fourth-order valence-corrected chi connectivity index (χ4v) is 2.62. The molecule has 0 saturated heterocycles. The van der Waals surface area contributed by atoms with Gasteiger partial charge >= 0.3 is 5.97 Å². The molecule has 0 aromatic heterocycles. The molecule has 0 radical (unpaired) electrons. The van der Waals surface area contributed by atoms with E-state index in [2.05, 4.69) is 5.32 Å². The molecule has 0 bridgehead atoms. The highest BCUT2D eigenvalue weighted by molar-refractivity contribution is 5.85. The van der Waals surface area contributed by atoms with Crippen molar-refractivity contribution in [2.24, 2.45) is 0 Å². The quantitative estimate of drug-likeness (QED) is 0.848. The van der Waals surface area contributed by atoms with E-state index in [0.717, 1.165) is 31.2 Å². The molecule has 1 saturated carbocycles. The maximum absolute atomic E-state index is 12.2. The first kappa shape index (κ1) is 15.5. The molecule has 4 nitrogen and oxygen atoms in total. The van der Waals surface area contributed by atoms with Gasteiger partial charge in [0.15, 0.2) is 6.61 Å². The van der Waals surface area contributed by atoms with Crippen LogP contribution in [0.25, 0.3) is 0 Å². The highest BCUT2D eigenvalue weighted by atomic mass is 16.5. The second kappa shape index (κ2) is 6.74. The molecule has 1 aromatic carbocycles. The van der Waals surface area contributed by atoms with Crippen LogP contribution in [0.3, 0.4) is 0 Å². The van der Waals surface area contributed by atoms with Crippen LogP contribution < -0.4 is 5.32 Å². The number of ether oxygens (including phenoxy) is 1. The van der Waals surface area contributed by atoms with E-state index >= 15 is 0 Å². The number of nitrogens with one attached hydrogen (secondary N) is 1. The maximum atomic E-state index is 12.2. The first-order valence-corrected chi connectivity index (χ1v) is 7.52. The van der Waals surface area contributed by atoms with Crippen molar-refractivity contribution in [2.75, 3.05) is 6.61 Å². The van der Waals surface area contributed by atoms with Gasteiger partial charge in [-0.15, -0.1) is 0 Å². The van der Waals surface area contributed by atoms with E-state index in [1.54, 1.807) is 13.8 Å². The Bertz CT molecular complexity index is 490. The average molecular weight is 289 g/mol. The predicted octanol–water partition coefficient (Wildman–Crippen LogP) is 2.57. The summed E-state index contributed by atoms with van der Waals surface area (Å²) in [6, 6.07) is 9.70. The van der Waals surface area contributed by atoms with Gasteiger partial charge in [-0.1, -0.05) is 43.2 Å². The highest BCUT2D eigenvalue weighted by Gasteiger charge is 2.31. The molecule has 0 heterocycles. The van der Waals surface area contributed by atoms with Gasteiger partial charge in [0.2, 0.25) is 0 Å². The lowest BCUT2D eigenvalue weighted by Gasteiger charge is -2.23. The lowest BCUT2D eigenvalue weighted by molar-refractivity contribution is -0.153. The summed E-state index contributed by atoms with van der Waals surface area (Å²) in [7, 11) is 0. The van der Waals surface area contributed by atoms with Crippen LogP contribution in [0.5, 0.6) is 0 Å². The van der Waals surface area contributed by atoms with Crippen molar-refractivity contribution in [1.82, 2.24) is 5.32 Å². The van der Waals surface area contributed by atoms with Gasteiger partial charge in [0, 0.05) is 6.04 Å². The van der Waals surface area contributed by atoms with E-state index in [4.69, 9.17) is 4.74 Å². The minimum atomic E-state index is -0.755. The molecule has 0 aliphatic heterocycles. The molecule has 21 heavy (non-hydrogen) atoms. The molecule has 0 unspecified atom stereocenters. The summed E-state index contributed by atoms with van der Waals surface area (Å²) in [4.78, 5) is 24.0. The minimum Gasteiger partial charge on any atom is -0.455 e. The van der Waals surface area contributed by atoms with Crippen molar-refractivity contribution in [2.45, 2.75) is 51.0 Å². The van der Waals surface area contributed by atoms with Crippen LogP contribution in [0.1, 0.15) is 45.1 Å². The van der Waals surface area contributed by atoms with Crippen molar-refractivity contribution in [1.29, 1.82) is 0 Å². The predicted molar refractivity (Wildman–Crippen MR) is 80.8 cm³/mol. The summed E-state index contributed by atoms with van der Waals surface area (Å²) in [5.41, 5.74) is 0.126. The van der Waals surface area contributed by atoms with Crippen LogP contribution in [-0.4, -0.2) is 24.5 Å². The minimum absolute atomic E-state index is 0.203. The Morgan fingerprint density at radius 3 is 2.43 bits per heavy atom. The Hall–Kier alpha value is -1.84. The molecule has 1 aliphatic rings. The maximum Gasteiger partial charge on any atom is 0.316 e. The van der Waals surface area contributed by atoms with E-state index in [0.29, 0.717) is 0 Å². The van der Waals surface area contributed by atoms with Gasteiger partial charge in [-0.25, -0.2) is 0 Å². The highest BCUT2D eigenvalue weighted by Crippen LogP contribution is 2.24. The monoisotopic (exact) mass is 289 g/mol. The Morgan fingerprint density at radius 1 is 1.19 bits per heavy atom. The average Bonchev–Trinajstić information content (AvgIpc) is 2.98. The van der Waals surface area contributed by atoms with E-state index in [-0.39, 0.29) is 24.5 Å². The lowest BCUT2D eigenvalue weighted by atomic mass is 9.85. The number of carbonyl (C=O) groups excluding carboxylic acids is 2. The van der Waals surface area contributed by atoms with E-state index in [1.165, 1.54) is 0 Å². The molecule has 1 amide bonds. The molecular formula is C17H23NO3. The van der Waals surface area contributed by atoms with Crippen LogP contribution in [0, 0.1) is 0 Å². The molecule has 0 spiro atoms. The SMILES string of the molecule is CC(C)(C(=O)OCC(=O)NC1CCCC1)c1ccccc1. The molecule has 1 aliphatic carbocycles. The van der Waals surface area contributed by atoms with E-state index in [9.17, 15) is 9.59 Å². The van der Waals surface area contributed by atoms with E-state index < -0.39 is 5.41 Å². The van der Waals surface area contributed by atoms with Crippen molar-refractivity contribution in [3.63, 3.8) is 0 Å². The second-order valence-corrected chi connectivity index (χ2v) is 6.12. The van der Waals surface area contributed by atoms with Gasteiger partial charge in [-0.2, -0.15) is 0 Å². The normalized spacial score (nSPS) is 15.7. The number of benzene rings is 1. The summed E-state index contributed by atoms with van der Waals surface area (Å²) < 4.78 is 5.18. The summed E-state index contributed by atoms with van der Waals surface area (Å²) in [6.45, 7) is 3.41. The zero-order chi connectivity index (χ0) is 15.3. The summed E-state index contributed by atoms with van der Waals surface area (Å²) in [5, 5.41) is 2.91. The first-order valence-electron chi connectivity index (χ1n) is 7.52. The Morgan fingerprint density at radius 2 is 1.81 bits per heavy atom. The van der Waals surface area contributed by atoms with Gasteiger partial charge in [-0.3, -0.25) is 9.59 Å². The van der Waals surface area contributed by atoms with E-state index in [1.807, 2.05) is 30.3 Å². The van der Waals surface area contributed by atoms with Gasteiger partial charge < -0.3 is 10.1 Å². The zero-order valence-corrected chi connectivity index (χ0v) is 12.7. The number of carbonyl (C=O) groups is 2.